The standard InChI is InChI=1S/C19H18FN3OS/c1-23(12-18(24)21-16-9-5-8-15(20)10-16)11-17-13-25-19(22-17)14-6-3-2-4-7-14/h2-10,13H,11-12H2,1H3,(H,21,24)/p+1. The van der Waals surface area contributed by atoms with Crippen LogP contribution < -0.4 is 10.2 Å². The third kappa shape index (κ3) is 4.95. The highest BCUT2D eigenvalue weighted by Crippen LogP contribution is 2.22. The van der Waals surface area contributed by atoms with Gasteiger partial charge in [-0.25, -0.2) is 9.37 Å². The van der Waals surface area contributed by atoms with Crippen molar-refractivity contribution >= 4 is 22.9 Å². The van der Waals surface area contributed by atoms with Crippen molar-refractivity contribution in [1.29, 1.82) is 0 Å². The lowest BCUT2D eigenvalue weighted by Crippen LogP contribution is -3.08. The summed E-state index contributed by atoms with van der Waals surface area (Å²) in [4.78, 5) is 17.7. The van der Waals surface area contributed by atoms with E-state index in [1.165, 1.54) is 12.1 Å². The molecule has 4 nitrogen and oxygen atoms in total. The van der Waals surface area contributed by atoms with Gasteiger partial charge in [-0.15, -0.1) is 11.3 Å². The van der Waals surface area contributed by atoms with Crippen molar-refractivity contribution in [3.05, 3.63) is 71.5 Å². The lowest BCUT2D eigenvalue weighted by Gasteiger charge is -2.12. The number of rotatable bonds is 6. The van der Waals surface area contributed by atoms with Gasteiger partial charge < -0.3 is 10.2 Å². The first-order valence-corrected chi connectivity index (χ1v) is 8.84. The number of thiazole rings is 1. The van der Waals surface area contributed by atoms with E-state index < -0.39 is 0 Å². The summed E-state index contributed by atoms with van der Waals surface area (Å²) in [5.74, 6) is -0.518. The van der Waals surface area contributed by atoms with Gasteiger partial charge in [0.15, 0.2) is 6.54 Å². The first kappa shape index (κ1) is 17.3. The van der Waals surface area contributed by atoms with Crippen LogP contribution in [0.2, 0.25) is 0 Å². The molecule has 0 aliphatic heterocycles. The number of hydrogen-bond acceptors (Lipinski definition) is 3. The zero-order chi connectivity index (χ0) is 17.6. The molecule has 1 atom stereocenters. The van der Waals surface area contributed by atoms with Crippen molar-refractivity contribution in [2.24, 2.45) is 0 Å². The van der Waals surface area contributed by atoms with E-state index in [9.17, 15) is 9.18 Å². The second-order valence-electron chi connectivity index (χ2n) is 5.88. The van der Waals surface area contributed by atoms with Crippen LogP contribution in [0.1, 0.15) is 5.69 Å². The molecular weight excluding hydrogens is 337 g/mol. The number of likely N-dealkylation sites (N-methyl/N-ethyl adjacent to an activating group) is 1. The maximum Gasteiger partial charge on any atom is 0.279 e. The Hall–Kier alpha value is -2.57. The van der Waals surface area contributed by atoms with Crippen molar-refractivity contribution in [2.45, 2.75) is 6.54 Å². The average molecular weight is 356 g/mol. The monoisotopic (exact) mass is 356 g/mol. The van der Waals surface area contributed by atoms with Gasteiger partial charge in [-0.1, -0.05) is 36.4 Å². The van der Waals surface area contributed by atoms with Crippen molar-refractivity contribution < 1.29 is 14.1 Å². The molecule has 1 aromatic heterocycles. The van der Waals surface area contributed by atoms with Crippen LogP contribution in [-0.2, 0) is 11.3 Å². The quantitative estimate of drug-likeness (QED) is 0.713. The van der Waals surface area contributed by atoms with Crippen LogP contribution in [0.25, 0.3) is 10.6 Å². The van der Waals surface area contributed by atoms with E-state index in [2.05, 4.69) is 10.3 Å². The van der Waals surface area contributed by atoms with Gasteiger partial charge in [0.25, 0.3) is 5.91 Å². The van der Waals surface area contributed by atoms with Crippen molar-refractivity contribution in [2.75, 3.05) is 18.9 Å². The third-order valence-corrected chi connectivity index (χ3v) is 4.57. The maximum absolute atomic E-state index is 13.1. The number of anilines is 1. The van der Waals surface area contributed by atoms with Crippen molar-refractivity contribution in [3.8, 4) is 10.6 Å². The van der Waals surface area contributed by atoms with Gasteiger partial charge in [-0.2, -0.15) is 0 Å². The molecule has 25 heavy (non-hydrogen) atoms. The van der Waals surface area contributed by atoms with Gasteiger partial charge in [-0.05, 0) is 18.2 Å². The van der Waals surface area contributed by atoms with Gasteiger partial charge in [0.2, 0.25) is 0 Å². The minimum atomic E-state index is -0.366. The van der Waals surface area contributed by atoms with Crippen LogP contribution in [0.15, 0.2) is 60.0 Å². The molecule has 6 heteroatoms. The largest absolute Gasteiger partial charge is 0.325 e. The Morgan fingerprint density at radius 2 is 2.00 bits per heavy atom. The summed E-state index contributed by atoms with van der Waals surface area (Å²) in [5.41, 5.74) is 2.53. The van der Waals surface area contributed by atoms with Crippen molar-refractivity contribution in [1.82, 2.24) is 4.98 Å². The van der Waals surface area contributed by atoms with E-state index in [0.29, 0.717) is 12.2 Å². The number of hydrogen-bond donors (Lipinski definition) is 2. The highest BCUT2D eigenvalue weighted by molar-refractivity contribution is 7.13. The molecule has 0 saturated carbocycles. The first-order chi connectivity index (χ1) is 12.1. The Bertz CT molecular complexity index is 851. The molecule has 0 saturated heterocycles. The number of quaternary nitrogens is 1. The Kier molecular flexibility index (Phi) is 5.53. The Labute approximate surface area is 150 Å². The van der Waals surface area contributed by atoms with E-state index in [1.54, 1.807) is 23.5 Å². The summed E-state index contributed by atoms with van der Waals surface area (Å²) < 4.78 is 13.1. The Balaban J connectivity index is 1.55. The van der Waals surface area contributed by atoms with E-state index in [1.807, 2.05) is 42.8 Å². The molecule has 0 aliphatic carbocycles. The highest BCUT2D eigenvalue weighted by Gasteiger charge is 2.13. The molecular formula is C19H19FN3OS+. The van der Waals surface area contributed by atoms with E-state index >= 15 is 0 Å². The summed E-state index contributed by atoms with van der Waals surface area (Å²) in [5, 5.41) is 5.72. The van der Waals surface area contributed by atoms with Gasteiger partial charge in [0.05, 0.1) is 7.05 Å². The maximum atomic E-state index is 13.1. The average Bonchev–Trinajstić information content (AvgIpc) is 3.03. The summed E-state index contributed by atoms with van der Waals surface area (Å²) in [7, 11) is 1.94. The van der Waals surface area contributed by atoms with Gasteiger partial charge in [0, 0.05) is 16.6 Å². The summed E-state index contributed by atoms with van der Waals surface area (Å²) in [6, 6.07) is 15.9. The molecule has 0 radical (unpaired) electrons. The third-order valence-electron chi connectivity index (χ3n) is 3.63. The molecule has 2 N–H and O–H groups in total. The molecule has 0 fully saturated rings. The number of aromatic nitrogens is 1. The van der Waals surface area contributed by atoms with E-state index in [0.717, 1.165) is 21.2 Å². The van der Waals surface area contributed by atoms with Gasteiger partial charge in [-0.3, -0.25) is 4.79 Å². The SMILES string of the molecule is C[NH+](CC(=O)Nc1cccc(F)c1)Cc1csc(-c2ccccc2)n1. The van der Waals surface area contributed by atoms with Crippen LogP contribution in [0, 0.1) is 5.82 Å². The number of nitrogens with zero attached hydrogens (tertiary/aromatic N) is 1. The normalized spacial score (nSPS) is 11.9. The van der Waals surface area contributed by atoms with E-state index in [4.69, 9.17) is 0 Å². The second-order valence-corrected chi connectivity index (χ2v) is 6.74. The van der Waals surface area contributed by atoms with Crippen LogP contribution in [-0.4, -0.2) is 24.5 Å². The van der Waals surface area contributed by atoms with Crippen LogP contribution in [0.4, 0.5) is 10.1 Å². The molecule has 1 heterocycles. The highest BCUT2D eigenvalue weighted by atomic mass is 32.1. The summed E-state index contributed by atoms with van der Waals surface area (Å²) in [6.07, 6.45) is 0. The number of carbonyl (C=O) groups excluding carboxylic acids is 1. The van der Waals surface area contributed by atoms with Crippen LogP contribution in [0.5, 0.6) is 0 Å². The van der Waals surface area contributed by atoms with Crippen LogP contribution >= 0.6 is 11.3 Å². The topological polar surface area (TPSA) is 46.4 Å². The summed E-state index contributed by atoms with van der Waals surface area (Å²) in [6.45, 7) is 0.939. The number of carbonyl (C=O) groups is 1. The zero-order valence-electron chi connectivity index (χ0n) is 13.8. The minimum absolute atomic E-state index is 0.151. The van der Waals surface area contributed by atoms with Crippen molar-refractivity contribution in [3.63, 3.8) is 0 Å². The molecule has 3 rings (SSSR count). The molecule has 2 aromatic carbocycles. The van der Waals surface area contributed by atoms with Gasteiger partial charge in [0.1, 0.15) is 23.1 Å². The molecule has 3 aromatic rings. The lowest BCUT2D eigenvalue weighted by molar-refractivity contribution is -0.885. The fourth-order valence-electron chi connectivity index (χ4n) is 2.52. The molecule has 0 spiro atoms. The van der Waals surface area contributed by atoms with Gasteiger partial charge >= 0.3 is 0 Å². The zero-order valence-corrected chi connectivity index (χ0v) is 14.6. The first-order valence-electron chi connectivity index (χ1n) is 7.97. The predicted molar refractivity (Wildman–Crippen MR) is 98.0 cm³/mol. The fraction of sp³-hybridized carbons (Fsp3) is 0.158. The lowest BCUT2D eigenvalue weighted by atomic mass is 10.2. The fourth-order valence-corrected chi connectivity index (χ4v) is 3.34. The second kappa shape index (κ2) is 8.00. The predicted octanol–water partition coefficient (Wildman–Crippen LogP) is 2.60. The smallest absolute Gasteiger partial charge is 0.279 e. The number of benzene rings is 2. The number of amides is 1. The molecule has 1 unspecified atom stereocenters. The molecule has 1 amide bonds. The van der Waals surface area contributed by atoms with Crippen LogP contribution in [0.3, 0.4) is 0 Å². The van der Waals surface area contributed by atoms with E-state index in [-0.39, 0.29) is 18.3 Å². The Morgan fingerprint density at radius 3 is 2.76 bits per heavy atom. The Morgan fingerprint density at radius 1 is 1.20 bits per heavy atom. The molecule has 0 aliphatic rings. The molecule has 0 bridgehead atoms. The molecule has 128 valence electrons. The summed E-state index contributed by atoms with van der Waals surface area (Å²) >= 11 is 1.60. The minimum Gasteiger partial charge on any atom is -0.325 e. The number of halogens is 1. The number of nitrogens with one attached hydrogen (secondary N) is 2.